The van der Waals surface area contributed by atoms with Gasteiger partial charge in [0.15, 0.2) is 0 Å². The Balaban J connectivity index is 2.00. The molecule has 2 heterocycles. The Labute approximate surface area is 131 Å². The molecule has 0 aliphatic carbocycles. The van der Waals surface area contributed by atoms with Gasteiger partial charge in [0.05, 0.1) is 0 Å². The molecule has 0 radical (unpaired) electrons. The number of carbonyl (C=O) groups is 1. The number of pyridine rings is 2. The Morgan fingerprint density at radius 2 is 2.14 bits per heavy atom. The van der Waals surface area contributed by atoms with E-state index in [1.54, 1.807) is 18.3 Å². The van der Waals surface area contributed by atoms with Crippen molar-refractivity contribution in [3.63, 3.8) is 0 Å². The van der Waals surface area contributed by atoms with Gasteiger partial charge in [-0.2, -0.15) is 0 Å². The summed E-state index contributed by atoms with van der Waals surface area (Å²) < 4.78 is 0. The lowest BCUT2D eigenvalue weighted by molar-refractivity contribution is 0.0950. The molecule has 0 spiro atoms. The Hall–Kier alpha value is -2.43. The van der Waals surface area contributed by atoms with Crippen molar-refractivity contribution in [1.82, 2.24) is 15.3 Å². The van der Waals surface area contributed by atoms with Crippen molar-refractivity contribution in [3.05, 3.63) is 53.0 Å². The fourth-order valence-electron chi connectivity index (χ4n) is 2.19. The van der Waals surface area contributed by atoms with Gasteiger partial charge in [-0.05, 0) is 43.5 Å². The molecule has 0 aromatic carbocycles. The van der Waals surface area contributed by atoms with Crippen LogP contribution in [0.15, 0.2) is 30.5 Å². The van der Waals surface area contributed by atoms with Crippen molar-refractivity contribution < 1.29 is 4.79 Å². The van der Waals surface area contributed by atoms with Gasteiger partial charge in [-0.1, -0.05) is 19.4 Å². The second-order valence-corrected chi connectivity index (χ2v) is 5.30. The maximum absolute atomic E-state index is 12.2. The van der Waals surface area contributed by atoms with Crippen LogP contribution < -0.4 is 11.1 Å². The zero-order valence-corrected chi connectivity index (χ0v) is 13.1. The third-order valence-corrected chi connectivity index (χ3v) is 3.52. The van der Waals surface area contributed by atoms with Gasteiger partial charge in [0.2, 0.25) is 0 Å². The van der Waals surface area contributed by atoms with Crippen LogP contribution >= 0.6 is 0 Å². The molecule has 3 N–H and O–H groups in total. The van der Waals surface area contributed by atoms with E-state index in [0.717, 1.165) is 36.2 Å². The van der Waals surface area contributed by atoms with E-state index < -0.39 is 0 Å². The first-order valence-electron chi connectivity index (χ1n) is 7.55. The summed E-state index contributed by atoms with van der Waals surface area (Å²) in [6.45, 7) is 4.46. The maximum Gasteiger partial charge on any atom is 0.251 e. The molecule has 0 aliphatic rings. The molecule has 2 aromatic heterocycles. The normalized spacial score (nSPS) is 10.5. The van der Waals surface area contributed by atoms with Crippen molar-refractivity contribution >= 4 is 11.7 Å². The summed E-state index contributed by atoms with van der Waals surface area (Å²) in [6.07, 6.45) is 4.78. The number of aryl methyl sites for hydroxylation is 2. The van der Waals surface area contributed by atoms with E-state index in [1.807, 2.05) is 19.1 Å². The zero-order chi connectivity index (χ0) is 15.9. The van der Waals surface area contributed by atoms with Crippen LogP contribution in [0.2, 0.25) is 0 Å². The highest BCUT2D eigenvalue weighted by Gasteiger charge is 2.08. The highest BCUT2D eigenvalue weighted by molar-refractivity contribution is 5.94. The Morgan fingerprint density at radius 1 is 1.32 bits per heavy atom. The molecule has 1 amide bonds. The largest absolute Gasteiger partial charge is 0.384 e. The molecule has 0 aliphatic heterocycles. The quantitative estimate of drug-likeness (QED) is 0.859. The minimum atomic E-state index is -0.101. The number of aromatic nitrogens is 2. The topological polar surface area (TPSA) is 80.9 Å². The summed E-state index contributed by atoms with van der Waals surface area (Å²) in [5.74, 6) is 0.388. The number of carbonyl (C=O) groups excluding carboxylic acids is 1. The van der Waals surface area contributed by atoms with E-state index in [4.69, 9.17) is 5.73 Å². The maximum atomic E-state index is 12.2. The number of anilines is 1. The monoisotopic (exact) mass is 298 g/mol. The van der Waals surface area contributed by atoms with Gasteiger partial charge in [-0.3, -0.25) is 9.78 Å². The molecule has 0 saturated carbocycles. The van der Waals surface area contributed by atoms with E-state index >= 15 is 0 Å². The standard InChI is InChI=1S/C17H22N4O/c1-3-4-5-15-10-13(8-9-19-15)17(22)20-11-14-6-7-16(18)21-12(14)2/h6-10H,3-5,11H2,1-2H3,(H2,18,21)(H,20,22). The number of rotatable bonds is 6. The second-order valence-electron chi connectivity index (χ2n) is 5.30. The average molecular weight is 298 g/mol. The first-order chi connectivity index (χ1) is 10.6. The Bertz CT molecular complexity index is 655. The van der Waals surface area contributed by atoms with E-state index in [2.05, 4.69) is 22.2 Å². The lowest BCUT2D eigenvalue weighted by atomic mass is 10.1. The van der Waals surface area contributed by atoms with Crippen LogP contribution in [0.25, 0.3) is 0 Å². The summed E-state index contributed by atoms with van der Waals surface area (Å²) in [5.41, 5.74) is 9.02. The molecule has 0 bridgehead atoms. The van der Waals surface area contributed by atoms with Gasteiger partial charge in [0, 0.05) is 29.7 Å². The molecule has 22 heavy (non-hydrogen) atoms. The third kappa shape index (κ3) is 4.28. The van der Waals surface area contributed by atoms with Gasteiger partial charge in [0.1, 0.15) is 5.82 Å². The van der Waals surface area contributed by atoms with E-state index in [9.17, 15) is 4.79 Å². The predicted octanol–water partition coefficient (Wildman–Crippen LogP) is 2.64. The molecule has 5 heteroatoms. The third-order valence-electron chi connectivity index (χ3n) is 3.52. The first-order valence-corrected chi connectivity index (χ1v) is 7.55. The molecule has 5 nitrogen and oxygen atoms in total. The van der Waals surface area contributed by atoms with Crippen molar-refractivity contribution in [2.24, 2.45) is 0 Å². The fourth-order valence-corrected chi connectivity index (χ4v) is 2.19. The van der Waals surface area contributed by atoms with Gasteiger partial charge >= 0.3 is 0 Å². The number of unbranched alkanes of at least 4 members (excludes halogenated alkanes) is 1. The van der Waals surface area contributed by atoms with Crippen LogP contribution in [0.5, 0.6) is 0 Å². The van der Waals surface area contributed by atoms with Crippen LogP contribution in [-0.2, 0) is 13.0 Å². The van der Waals surface area contributed by atoms with E-state index in [-0.39, 0.29) is 5.91 Å². The van der Waals surface area contributed by atoms with Crippen LogP contribution in [0.4, 0.5) is 5.82 Å². The van der Waals surface area contributed by atoms with Crippen molar-refractivity contribution in [2.45, 2.75) is 39.7 Å². The number of nitrogens with one attached hydrogen (secondary N) is 1. The summed E-state index contributed by atoms with van der Waals surface area (Å²) >= 11 is 0. The molecule has 0 unspecified atom stereocenters. The number of hydrogen-bond acceptors (Lipinski definition) is 4. The average Bonchev–Trinajstić information content (AvgIpc) is 2.52. The van der Waals surface area contributed by atoms with Gasteiger partial charge in [-0.25, -0.2) is 4.98 Å². The highest BCUT2D eigenvalue weighted by atomic mass is 16.1. The predicted molar refractivity (Wildman–Crippen MR) is 87.4 cm³/mol. The first kappa shape index (κ1) is 15.9. The molecule has 116 valence electrons. The number of nitrogen functional groups attached to an aromatic ring is 1. The Morgan fingerprint density at radius 3 is 2.86 bits per heavy atom. The molecule has 2 rings (SSSR count). The SMILES string of the molecule is CCCCc1cc(C(=O)NCc2ccc(N)nc2C)ccn1. The number of nitrogens with two attached hydrogens (primary N) is 1. The number of hydrogen-bond donors (Lipinski definition) is 2. The second kappa shape index (κ2) is 7.54. The lowest BCUT2D eigenvalue weighted by Crippen LogP contribution is -2.23. The fraction of sp³-hybridized carbons (Fsp3) is 0.353. The molecule has 0 atom stereocenters. The van der Waals surface area contributed by atoms with Crippen molar-refractivity contribution in [1.29, 1.82) is 0 Å². The lowest BCUT2D eigenvalue weighted by Gasteiger charge is -2.09. The highest BCUT2D eigenvalue weighted by Crippen LogP contribution is 2.09. The summed E-state index contributed by atoms with van der Waals surface area (Å²) in [5, 5.41) is 2.91. The van der Waals surface area contributed by atoms with Gasteiger partial charge in [0.25, 0.3) is 5.91 Å². The van der Waals surface area contributed by atoms with Gasteiger partial charge in [-0.15, -0.1) is 0 Å². The number of nitrogens with zero attached hydrogens (tertiary/aromatic N) is 2. The van der Waals surface area contributed by atoms with Crippen LogP contribution in [0.1, 0.15) is 47.1 Å². The van der Waals surface area contributed by atoms with Crippen molar-refractivity contribution in [2.75, 3.05) is 5.73 Å². The summed E-state index contributed by atoms with van der Waals surface area (Å²) in [6, 6.07) is 7.22. The summed E-state index contributed by atoms with van der Waals surface area (Å²) in [4.78, 5) is 20.7. The summed E-state index contributed by atoms with van der Waals surface area (Å²) in [7, 11) is 0. The van der Waals surface area contributed by atoms with Crippen LogP contribution in [-0.4, -0.2) is 15.9 Å². The minimum absolute atomic E-state index is 0.101. The number of amides is 1. The minimum Gasteiger partial charge on any atom is -0.384 e. The Kier molecular flexibility index (Phi) is 5.47. The zero-order valence-electron chi connectivity index (χ0n) is 13.1. The molecular formula is C17H22N4O. The van der Waals surface area contributed by atoms with Gasteiger partial charge < -0.3 is 11.1 Å². The molecule has 2 aromatic rings. The van der Waals surface area contributed by atoms with E-state index in [1.165, 1.54) is 0 Å². The van der Waals surface area contributed by atoms with Crippen LogP contribution in [0, 0.1) is 6.92 Å². The smallest absolute Gasteiger partial charge is 0.251 e. The van der Waals surface area contributed by atoms with Crippen molar-refractivity contribution in [3.8, 4) is 0 Å². The van der Waals surface area contributed by atoms with Crippen LogP contribution in [0.3, 0.4) is 0 Å². The molecule has 0 fully saturated rings. The molecule has 0 saturated heterocycles. The molecular weight excluding hydrogens is 276 g/mol. The van der Waals surface area contributed by atoms with E-state index in [0.29, 0.717) is 17.9 Å².